The van der Waals surface area contributed by atoms with E-state index in [2.05, 4.69) is 0 Å². The molecule has 114 valence electrons. The van der Waals surface area contributed by atoms with E-state index in [1.54, 1.807) is 23.5 Å². The minimum absolute atomic E-state index is 0.222. The molecule has 0 saturated carbocycles. The summed E-state index contributed by atoms with van der Waals surface area (Å²) in [5, 5.41) is 2.65. The van der Waals surface area contributed by atoms with Crippen molar-refractivity contribution < 1.29 is 9.18 Å². The normalized spacial score (nSPS) is 11.0. The molecule has 0 spiro atoms. The van der Waals surface area contributed by atoms with Gasteiger partial charge in [0.25, 0.3) is 0 Å². The van der Waals surface area contributed by atoms with Gasteiger partial charge >= 0.3 is 0 Å². The van der Waals surface area contributed by atoms with Crippen LogP contribution in [-0.2, 0) is 0 Å². The highest BCUT2D eigenvalue weighted by Gasteiger charge is 2.06. The number of carbonyl (C=O) groups is 1. The number of halogens is 2. The Kier molecular flexibility index (Phi) is 4.70. The number of hydrogen-bond acceptors (Lipinski definition) is 2. The van der Waals surface area contributed by atoms with E-state index in [9.17, 15) is 9.18 Å². The highest BCUT2D eigenvalue weighted by atomic mass is 35.5. The van der Waals surface area contributed by atoms with Crippen LogP contribution in [0.2, 0.25) is 5.02 Å². The SMILES string of the molecule is O=C(C=Cc1sccc1-c1ccc(Cl)cc1)c1cccc(F)c1. The Labute approximate surface area is 142 Å². The van der Waals surface area contributed by atoms with E-state index in [1.807, 2.05) is 35.7 Å². The molecule has 4 heteroatoms. The van der Waals surface area contributed by atoms with Crippen molar-refractivity contribution in [2.45, 2.75) is 0 Å². The van der Waals surface area contributed by atoms with Crippen LogP contribution in [0.15, 0.2) is 66.1 Å². The van der Waals surface area contributed by atoms with E-state index in [0.717, 1.165) is 16.0 Å². The zero-order chi connectivity index (χ0) is 16.2. The van der Waals surface area contributed by atoms with Crippen LogP contribution in [0.3, 0.4) is 0 Å². The van der Waals surface area contributed by atoms with Gasteiger partial charge in [-0.15, -0.1) is 11.3 Å². The largest absolute Gasteiger partial charge is 0.289 e. The molecule has 3 aromatic rings. The molecule has 0 radical (unpaired) electrons. The third kappa shape index (κ3) is 3.76. The van der Waals surface area contributed by atoms with Crippen molar-refractivity contribution in [1.82, 2.24) is 0 Å². The Balaban J connectivity index is 1.85. The molecule has 0 N–H and O–H groups in total. The second kappa shape index (κ2) is 6.90. The van der Waals surface area contributed by atoms with Crippen molar-refractivity contribution in [2.24, 2.45) is 0 Å². The van der Waals surface area contributed by atoms with Crippen molar-refractivity contribution in [3.63, 3.8) is 0 Å². The fraction of sp³-hybridized carbons (Fsp3) is 0. The van der Waals surface area contributed by atoms with Gasteiger partial charge in [-0.05, 0) is 59.0 Å². The van der Waals surface area contributed by atoms with Crippen LogP contribution in [0.4, 0.5) is 4.39 Å². The molecule has 0 atom stereocenters. The fourth-order valence-electron chi connectivity index (χ4n) is 2.21. The van der Waals surface area contributed by atoms with E-state index in [-0.39, 0.29) is 5.78 Å². The molecule has 23 heavy (non-hydrogen) atoms. The third-order valence-corrected chi connectivity index (χ3v) is 4.48. The standard InChI is InChI=1S/C19H12ClFOS/c20-15-6-4-13(5-7-15)17-10-11-23-19(17)9-8-18(22)14-2-1-3-16(21)12-14/h1-12H. The number of thiophene rings is 1. The summed E-state index contributed by atoms with van der Waals surface area (Å²) < 4.78 is 13.2. The molecule has 1 heterocycles. The zero-order valence-corrected chi connectivity index (χ0v) is 13.6. The Morgan fingerprint density at radius 1 is 1.09 bits per heavy atom. The predicted octanol–water partition coefficient (Wildman–Crippen LogP) is 6.10. The van der Waals surface area contributed by atoms with Crippen LogP contribution in [0.25, 0.3) is 17.2 Å². The van der Waals surface area contributed by atoms with Gasteiger partial charge in [-0.1, -0.05) is 35.9 Å². The van der Waals surface area contributed by atoms with Gasteiger partial charge in [0.05, 0.1) is 0 Å². The predicted molar refractivity (Wildman–Crippen MR) is 94.5 cm³/mol. The number of rotatable bonds is 4. The lowest BCUT2D eigenvalue weighted by atomic mass is 10.1. The van der Waals surface area contributed by atoms with E-state index in [1.165, 1.54) is 24.3 Å². The van der Waals surface area contributed by atoms with Crippen LogP contribution in [0.5, 0.6) is 0 Å². The maximum atomic E-state index is 13.2. The highest BCUT2D eigenvalue weighted by molar-refractivity contribution is 7.11. The molecule has 0 aliphatic rings. The Morgan fingerprint density at radius 3 is 2.61 bits per heavy atom. The van der Waals surface area contributed by atoms with E-state index >= 15 is 0 Å². The first-order valence-electron chi connectivity index (χ1n) is 6.95. The summed E-state index contributed by atoms with van der Waals surface area (Å²) in [4.78, 5) is 13.1. The van der Waals surface area contributed by atoms with E-state index < -0.39 is 5.82 Å². The first kappa shape index (κ1) is 15.7. The van der Waals surface area contributed by atoms with Gasteiger partial charge in [-0.25, -0.2) is 4.39 Å². The zero-order valence-electron chi connectivity index (χ0n) is 12.0. The highest BCUT2D eigenvalue weighted by Crippen LogP contribution is 2.30. The molecule has 2 aromatic carbocycles. The molecule has 0 aliphatic carbocycles. The summed E-state index contributed by atoms with van der Waals surface area (Å²) in [7, 11) is 0. The minimum atomic E-state index is -0.415. The lowest BCUT2D eigenvalue weighted by Crippen LogP contribution is -1.94. The molecule has 0 aliphatic heterocycles. The average Bonchev–Trinajstić information content (AvgIpc) is 3.02. The van der Waals surface area contributed by atoms with Crippen LogP contribution in [-0.4, -0.2) is 5.78 Å². The molecule has 0 saturated heterocycles. The second-order valence-electron chi connectivity index (χ2n) is 4.91. The molecule has 0 bridgehead atoms. The lowest BCUT2D eigenvalue weighted by Gasteiger charge is -2.01. The third-order valence-electron chi connectivity index (χ3n) is 3.35. The van der Waals surface area contributed by atoms with Gasteiger partial charge in [-0.2, -0.15) is 0 Å². The maximum Gasteiger partial charge on any atom is 0.185 e. The van der Waals surface area contributed by atoms with Crippen molar-refractivity contribution >= 4 is 34.8 Å². The molecule has 1 nitrogen and oxygen atoms in total. The van der Waals surface area contributed by atoms with Gasteiger partial charge in [0, 0.05) is 15.5 Å². The molecular formula is C19H12ClFOS. The van der Waals surface area contributed by atoms with Crippen molar-refractivity contribution in [3.05, 3.63) is 87.3 Å². The van der Waals surface area contributed by atoms with Crippen molar-refractivity contribution in [2.75, 3.05) is 0 Å². The minimum Gasteiger partial charge on any atom is -0.289 e. The molecule has 0 unspecified atom stereocenters. The van der Waals surface area contributed by atoms with Crippen LogP contribution in [0.1, 0.15) is 15.2 Å². The van der Waals surface area contributed by atoms with E-state index in [4.69, 9.17) is 11.6 Å². The lowest BCUT2D eigenvalue weighted by molar-refractivity contribution is 0.104. The Hall–Kier alpha value is -2.23. The van der Waals surface area contributed by atoms with Crippen molar-refractivity contribution in [1.29, 1.82) is 0 Å². The summed E-state index contributed by atoms with van der Waals surface area (Å²) >= 11 is 7.45. The smallest absolute Gasteiger partial charge is 0.185 e. The molecule has 3 rings (SSSR count). The maximum absolute atomic E-state index is 13.2. The van der Waals surface area contributed by atoms with Gasteiger partial charge < -0.3 is 0 Å². The van der Waals surface area contributed by atoms with Gasteiger partial charge in [0.1, 0.15) is 5.82 Å². The summed E-state index contributed by atoms with van der Waals surface area (Å²) in [6, 6.07) is 15.2. The molecular weight excluding hydrogens is 331 g/mol. The number of benzene rings is 2. The first-order valence-corrected chi connectivity index (χ1v) is 8.20. The average molecular weight is 343 g/mol. The number of allylic oxidation sites excluding steroid dienone is 1. The summed E-state index contributed by atoms with van der Waals surface area (Å²) in [5.74, 6) is -0.637. The fourth-order valence-corrected chi connectivity index (χ4v) is 3.14. The van der Waals surface area contributed by atoms with Crippen LogP contribution in [0, 0.1) is 5.82 Å². The first-order chi connectivity index (χ1) is 11.1. The molecule has 0 amide bonds. The summed E-state index contributed by atoms with van der Waals surface area (Å²) in [5.41, 5.74) is 2.41. The summed E-state index contributed by atoms with van der Waals surface area (Å²) in [6.45, 7) is 0. The van der Waals surface area contributed by atoms with E-state index in [0.29, 0.717) is 10.6 Å². The second-order valence-corrected chi connectivity index (χ2v) is 6.30. The molecule has 1 aromatic heterocycles. The van der Waals surface area contributed by atoms with Crippen LogP contribution >= 0.6 is 22.9 Å². The van der Waals surface area contributed by atoms with Gasteiger partial charge in [-0.3, -0.25) is 4.79 Å². The van der Waals surface area contributed by atoms with Gasteiger partial charge in [0.15, 0.2) is 5.78 Å². The van der Waals surface area contributed by atoms with Crippen molar-refractivity contribution in [3.8, 4) is 11.1 Å². The van der Waals surface area contributed by atoms with Crippen LogP contribution < -0.4 is 0 Å². The summed E-state index contributed by atoms with van der Waals surface area (Å²) in [6.07, 6.45) is 3.24. The Bertz CT molecular complexity index is 865. The topological polar surface area (TPSA) is 17.1 Å². The quantitative estimate of drug-likeness (QED) is 0.413. The molecule has 0 fully saturated rings. The monoisotopic (exact) mass is 342 g/mol. The number of carbonyl (C=O) groups excluding carboxylic acids is 1. The van der Waals surface area contributed by atoms with Gasteiger partial charge in [0.2, 0.25) is 0 Å². The number of ketones is 1. The number of hydrogen-bond donors (Lipinski definition) is 0. The Morgan fingerprint density at radius 2 is 1.87 bits per heavy atom.